The Morgan fingerprint density at radius 2 is 1.68 bits per heavy atom. The van der Waals surface area contributed by atoms with E-state index in [1.165, 1.54) is 0 Å². The molecule has 2 aromatic carbocycles. The van der Waals surface area contributed by atoms with Gasteiger partial charge in [-0.3, -0.25) is 4.98 Å². The van der Waals surface area contributed by atoms with Crippen LogP contribution in [0.15, 0.2) is 48.8 Å². The molecule has 0 bridgehead atoms. The molecule has 4 aromatic rings. The number of fused-ring (bicyclic) bond motifs is 3. The van der Waals surface area contributed by atoms with Gasteiger partial charge >= 0.3 is 0 Å². The van der Waals surface area contributed by atoms with Gasteiger partial charge in [0.2, 0.25) is 0 Å². The molecular formula is C21H21N2O4P. The van der Waals surface area contributed by atoms with E-state index in [4.69, 9.17) is 9.47 Å². The Morgan fingerprint density at radius 3 is 2.32 bits per heavy atom. The Morgan fingerprint density at radius 1 is 1.00 bits per heavy atom. The van der Waals surface area contributed by atoms with E-state index in [2.05, 4.69) is 22.7 Å². The minimum absolute atomic E-state index is 0.269. The van der Waals surface area contributed by atoms with Crippen LogP contribution in [-0.2, 0) is 6.16 Å². The predicted molar refractivity (Wildman–Crippen MR) is 111 cm³/mol. The zero-order valence-electron chi connectivity index (χ0n) is 15.9. The molecule has 0 fully saturated rings. The zero-order valence-corrected chi connectivity index (χ0v) is 16.8. The van der Waals surface area contributed by atoms with Crippen molar-refractivity contribution in [1.82, 2.24) is 9.55 Å². The van der Waals surface area contributed by atoms with Crippen LogP contribution >= 0.6 is 8.38 Å². The summed E-state index contributed by atoms with van der Waals surface area (Å²) in [6.45, 7) is 2.06. The van der Waals surface area contributed by atoms with Crippen LogP contribution in [0.2, 0.25) is 0 Å². The number of ether oxygens (including phenoxy) is 2. The van der Waals surface area contributed by atoms with Crippen LogP contribution in [0.1, 0.15) is 11.1 Å². The number of benzene rings is 2. The first-order valence-electron chi connectivity index (χ1n) is 8.79. The largest absolute Gasteiger partial charge is 0.493 e. The summed E-state index contributed by atoms with van der Waals surface area (Å²) < 4.78 is 13.0. The lowest BCUT2D eigenvalue weighted by molar-refractivity contribution is 0.356. The summed E-state index contributed by atoms with van der Waals surface area (Å²) in [4.78, 5) is 23.1. The van der Waals surface area contributed by atoms with Gasteiger partial charge in [0.1, 0.15) is 0 Å². The number of methoxy groups -OCH3 is 2. The minimum atomic E-state index is -1.94. The van der Waals surface area contributed by atoms with Crippen LogP contribution < -0.4 is 9.47 Å². The summed E-state index contributed by atoms with van der Waals surface area (Å²) in [6, 6.07) is 11.7. The number of rotatable bonds is 5. The van der Waals surface area contributed by atoms with Crippen LogP contribution in [0.3, 0.4) is 0 Å². The molecular weight excluding hydrogens is 375 g/mol. The quantitative estimate of drug-likeness (QED) is 0.492. The lowest BCUT2D eigenvalue weighted by atomic mass is 10.1. The molecule has 0 aliphatic rings. The number of pyridine rings is 1. The molecule has 0 aliphatic carbocycles. The summed E-state index contributed by atoms with van der Waals surface area (Å²) >= 11 is 0. The Kier molecular flexibility index (Phi) is 4.94. The molecule has 0 radical (unpaired) electrons. The van der Waals surface area contributed by atoms with Crippen LogP contribution in [0.25, 0.3) is 27.5 Å². The van der Waals surface area contributed by atoms with E-state index in [9.17, 15) is 9.79 Å². The molecule has 6 nitrogen and oxygen atoms in total. The van der Waals surface area contributed by atoms with Gasteiger partial charge in [0.15, 0.2) is 19.9 Å². The number of aryl methyl sites for hydroxylation is 1. The molecule has 0 saturated heterocycles. The lowest BCUT2D eigenvalue weighted by Crippen LogP contribution is -1.96. The van der Waals surface area contributed by atoms with Gasteiger partial charge in [0.05, 0.1) is 25.3 Å². The van der Waals surface area contributed by atoms with Crippen molar-refractivity contribution in [2.45, 2.75) is 13.1 Å². The molecule has 7 heteroatoms. The number of hydrogen-bond acceptors (Lipinski definition) is 5. The van der Waals surface area contributed by atoms with Gasteiger partial charge in [0.25, 0.3) is 0 Å². The highest BCUT2D eigenvalue weighted by Gasteiger charge is 2.15. The molecule has 144 valence electrons. The second kappa shape index (κ2) is 7.40. The van der Waals surface area contributed by atoms with Crippen LogP contribution in [0, 0.1) is 6.92 Å². The van der Waals surface area contributed by atoms with E-state index < -0.39 is 8.38 Å². The molecule has 0 atom stereocenters. The van der Waals surface area contributed by atoms with Gasteiger partial charge in [0, 0.05) is 41.1 Å². The standard InChI is InChI=1S/C21H21N2O4P/c1-13-11-23(15-6-4-14(5-7-15)12-28(24)25)21-16-8-19(26-2)20(27-3)9-18(16)22-10-17(13)21/h4-11,24-25H,12H2,1-3H3. The summed E-state index contributed by atoms with van der Waals surface area (Å²) in [5, 5.41) is 2.04. The molecule has 0 spiro atoms. The first-order valence-corrected chi connectivity index (χ1v) is 10.2. The Balaban J connectivity index is 1.94. The first kappa shape index (κ1) is 18.7. The van der Waals surface area contributed by atoms with Gasteiger partial charge in [-0.2, -0.15) is 0 Å². The average Bonchev–Trinajstić information content (AvgIpc) is 3.04. The van der Waals surface area contributed by atoms with Gasteiger partial charge in [-0.05, 0) is 36.2 Å². The van der Waals surface area contributed by atoms with Crippen LogP contribution in [-0.4, -0.2) is 33.6 Å². The van der Waals surface area contributed by atoms with Crippen molar-refractivity contribution in [3.8, 4) is 17.2 Å². The van der Waals surface area contributed by atoms with Gasteiger partial charge in [-0.1, -0.05) is 12.1 Å². The highest BCUT2D eigenvalue weighted by Crippen LogP contribution is 2.37. The fraction of sp³-hybridized carbons (Fsp3) is 0.190. The molecule has 0 saturated carbocycles. The molecule has 0 aliphatic heterocycles. The minimum Gasteiger partial charge on any atom is -0.493 e. The third-order valence-electron chi connectivity index (χ3n) is 4.87. The van der Waals surface area contributed by atoms with E-state index in [-0.39, 0.29) is 6.16 Å². The molecule has 0 amide bonds. The predicted octanol–water partition coefficient (Wildman–Crippen LogP) is 4.30. The highest BCUT2D eigenvalue weighted by molar-refractivity contribution is 7.44. The van der Waals surface area contributed by atoms with Crippen molar-refractivity contribution in [3.05, 3.63) is 59.9 Å². The third-order valence-corrected chi connectivity index (χ3v) is 5.52. The molecule has 2 N–H and O–H groups in total. The summed E-state index contributed by atoms with van der Waals surface area (Å²) in [5.41, 5.74) is 4.88. The second-order valence-corrected chi connectivity index (χ2v) is 7.68. The lowest BCUT2D eigenvalue weighted by Gasteiger charge is -2.12. The third kappa shape index (κ3) is 3.20. The molecule has 28 heavy (non-hydrogen) atoms. The number of nitrogens with zero attached hydrogens (tertiary/aromatic N) is 2. The van der Waals surface area contributed by atoms with Crippen molar-refractivity contribution in [2.75, 3.05) is 14.2 Å². The van der Waals surface area contributed by atoms with Crippen LogP contribution in [0.5, 0.6) is 11.5 Å². The van der Waals surface area contributed by atoms with Crippen LogP contribution in [0.4, 0.5) is 0 Å². The van der Waals surface area contributed by atoms with Crippen molar-refractivity contribution in [2.24, 2.45) is 0 Å². The highest BCUT2D eigenvalue weighted by atomic mass is 31.2. The van der Waals surface area contributed by atoms with E-state index in [0.29, 0.717) is 11.5 Å². The normalized spacial score (nSPS) is 11.5. The number of aromatic nitrogens is 2. The maximum atomic E-state index is 9.23. The topological polar surface area (TPSA) is 76.7 Å². The van der Waals surface area contributed by atoms with Gasteiger partial charge in [-0.15, -0.1) is 0 Å². The summed E-state index contributed by atoms with van der Waals surface area (Å²) in [7, 11) is 1.30. The fourth-order valence-electron chi connectivity index (χ4n) is 3.51. The van der Waals surface area contributed by atoms with Gasteiger partial charge in [-0.25, -0.2) is 0 Å². The van der Waals surface area contributed by atoms with Crippen molar-refractivity contribution >= 4 is 30.2 Å². The molecule has 0 unspecified atom stereocenters. The maximum Gasteiger partial charge on any atom is 0.169 e. The molecule has 4 rings (SSSR count). The average molecular weight is 396 g/mol. The van der Waals surface area contributed by atoms with E-state index in [1.54, 1.807) is 14.2 Å². The zero-order chi connectivity index (χ0) is 19.8. The SMILES string of the molecule is COc1cc2ncc3c(C)cn(-c4ccc(CP(O)O)cc4)c3c2cc1OC. The number of hydrogen-bond donors (Lipinski definition) is 2. The first-order chi connectivity index (χ1) is 13.5. The second-order valence-electron chi connectivity index (χ2n) is 6.62. The molecule has 2 heterocycles. The fourth-order valence-corrected chi connectivity index (χ4v) is 4.05. The van der Waals surface area contributed by atoms with Crippen molar-refractivity contribution in [3.63, 3.8) is 0 Å². The summed E-state index contributed by atoms with van der Waals surface area (Å²) in [5.74, 6) is 1.30. The van der Waals surface area contributed by atoms with E-state index in [1.807, 2.05) is 42.6 Å². The van der Waals surface area contributed by atoms with Crippen molar-refractivity contribution < 1.29 is 19.3 Å². The Bertz CT molecular complexity index is 1150. The van der Waals surface area contributed by atoms with Crippen molar-refractivity contribution in [1.29, 1.82) is 0 Å². The Labute approximate surface area is 163 Å². The monoisotopic (exact) mass is 396 g/mol. The Hall–Kier alpha value is -2.66. The van der Waals surface area contributed by atoms with Gasteiger partial charge < -0.3 is 23.8 Å². The van der Waals surface area contributed by atoms with E-state index >= 15 is 0 Å². The maximum absolute atomic E-state index is 9.23. The smallest absolute Gasteiger partial charge is 0.169 e. The molecule has 2 aromatic heterocycles. The van der Waals surface area contributed by atoms with E-state index in [0.717, 1.165) is 38.6 Å². The summed E-state index contributed by atoms with van der Waals surface area (Å²) in [6.07, 6.45) is 4.24.